The molecule has 0 aliphatic carbocycles. The Hall–Kier alpha value is -1.57. The van der Waals surface area contributed by atoms with Crippen LogP contribution in [-0.2, 0) is 6.42 Å². The average molecular weight is 175 g/mol. The summed E-state index contributed by atoms with van der Waals surface area (Å²) in [4.78, 5) is 11.0. The quantitative estimate of drug-likeness (QED) is 0.750. The molecule has 0 saturated carbocycles. The highest BCUT2D eigenvalue weighted by Crippen LogP contribution is 2.16. The van der Waals surface area contributed by atoms with E-state index in [1.807, 2.05) is 19.1 Å². The number of hydrogen-bond acceptors (Lipinski definition) is 1. The summed E-state index contributed by atoms with van der Waals surface area (Å²) in [6.07, 6.45) is 2.56. The lowest BCUT2D eigenvalue weighted by atomic mass is 9.99. The maximum absolute atomic E-state index is 11.0. The first-order chi connectivity index (χ1) is 6.20. The third kappa shape index (κ3) is 1.78. The molecule has 0 heterocycles. The number of carbonyl (C=O) groups is 1. The second-order valence-electron chi connectivity index (χ2n) is 2.80. The molecule has 0 unspecified atom stereocenters. The van der Waals surface area contributed by atoms with Crippen LogP contribution in [0.1, 0.15) is 28.4 Å². The van der Waals surface area contributed by atoms with Crippen LogP contribution in [0, 0.1) is 0 Å². The second kappa shape index (κ2) is 3.90. The van der Waals surface area contributed by atoms with Crippen molar-refractivity contribution in [1.29, 1.82) is 0 Å². The molecule has 1 amide bonds. The molecule has 0 saturated heterocycles. The van der Waals surface area contributed by atoms with Gasteiger partial charge in [0.05, 0.1) is 0 Å². The van der Waals surface area contributed by atoms with E-state index in [0.717, 1.165) is 17.5 Å². The highest BCUT2D eigenvalue weighted by atomic mass is 16.1. The molecule has 0 aliphatic heterocycles. The van der Waals surface area contributed by atoms with Crippen LogP contribution < -0.4 is 5.73 Å². The van der Waals surface area contributed by atoms with Crippen molar-refractivity contribution in [3.05, 3.63) is 41.5 Å². The number of nitrogens with two attached hydrogens (primary N) is 1. The van der Waals surface area contributed by atoms with E-state index in [1.54, 1.807) is 12.1 Å². The van der Waals surface area contributed by atoms with Gasteiger partial charge in [-0.2, -0.15) is 0 Å². The molecule has 0 atom stereocenters. The van der Waals surface area contributed by atoms with Crippen LogP contribution in [-0.4, -0.2) is 5.91 Å². The van der Waals surface area contributed by atoms with Crippen LogP contribution in [0.15, 0.2) is 24.8 Å². The molecule has 13 heavy (non-hydrogen) atoms. The van der Waals surface area contributed by atoms with Crippen LogP contribution in [0.25, 0.3) is 6.08 Å². The summed E-state index contributed by atoms with van der Waals surface area (Å²) in [5.41, 5.74) is 7.74. The van der Waals surface area contributed by atoms with E-state index >= 15 is 0 Å². The van der Waals surface area contributed by atoms with E-state index in [0.29, 0.717) is 5.56 Å². The van der Waals surface area contributed by atoms with Gasteiger partial charge < -0.3 is 5.73 Å². The lowest BCUT2D eigenvalue weighted by molar-refractivity contribution is 0.1000. The predicted molar refractivity (Wildman–Crippen MR) is 54.4 cm³/mol. The molecule has 68 valence electrons. The molecule has 2 N–H and O–H groups in total. The van der Waals surface area contributed by atoms with Gasteiger partial charge in [0.25, 0.3) is 0 Å². The van der Waals surface area contributed by atoms with Crippen molar-refractivity contribution in [3.8, 4) is 0 Å². The molecule has 0 aliphatic rings. The number of rotatable bonds is 3. The number of amides is 1. The van der Waals surface area contributed by atoms with E-state index in [4.69, 9.17) is 5.73 Å². The zero-order valence-corrected chi connectivity index (χ0v) is 7.71. The first-order valence-corrected chi connectivity index (χ1v) is 4.24. The van der Waals surface area contributed by atoms with Crippen molar-refractivity contribution >= 4 is 12.0 Å². The Labute approximate surface area is 78.1 Å². The monoisotopic (exact) mass is 175 g/mol. The van der Waals surface area contributed by atoms with E-state index < -0.39 is 5.91 Å². The molecule has 1 aromatic carbocycles. The minimum absolute atomic E-state index is 0.398. The first-order valence-electron chi connectivity index (χ1n) is 4.24. The third-order valence-corrected chi connectivity index (χ3v) is 2.05. The normalized spacial score (nSPS) is 9.62. The van der Waals surface area contributed by atoms with Crippen LogP contribution in [0.4, 0.5) is 0 Å². The van der Waals surface area contributed by atoms with Gasteiger partial charge in [-0.1, -0.05) is 31.7 Å². The lowest BCUT2D eigenvalue weighted by Gasteiger charge is -2.06. The highest BCUT2D eigenvalue weighted by Gasteiger charge is 2.07. The van der Waals surface area contributed by atoms with Crippen molar-refractivity contribution in [2.75, 3.05) is 0 Å². The SMILES string of the molecule is C=Cc1c(CC)cccc1C(N)=O. The maximum Gasteiger partial charge on any atom is 0.249 e. The fourth-order valence-corrected chi connectivity index (χ4v) is 1.38. The minimum atomic E-state index is -0.398. The zero-order valence-electron chi connectivity index (χ0n) is 7.71. The van der Waals surface area contributed by atoms with Gasteiger partial charge in [-0.25, -0.2) is 0 Å². The molecule has 0 bridgehead atoms. The van der Waals surface area contributed by atoms with Crippen LogP contribution >= 0.6 is 0 Å². The number of aryl methyl sites for hydroxylation is 1. The Morgan fingerprint density at radius 1 is 1.62 bits per heavy atom. The van der Waals surface area contributed by atoms with E-state index in [-0.39, 0.29) is 0 Å². The number of carbonyl (C=O) groups excluding carboxylic acids is 1. The predicted octanol–water partition coefficient (Wildman–Crippen LogP) is 1.99. The topological polar surface area (TPSA) is 43.1 Å². The summed E-state index contributed by atoms with van der Waals surface area (Å²) in [6.45, 7) is 5.71. The summed E-state index contributed by atoms with van der Waals surface area (Å²) in [7, 11) is 0. The fraction of sp³-hybridized carbons (Fsp3) is 0.182. The summed E-state index contributed by atoms with van der Waals surface area (Å²) in [6, 6.07) is 5.54. The van der Waals surface area contributed by atoms with Crippen molar-refractivity contribution in [1.82, 2.24) is 0 Å². The van der Waals surface area contributed by atoms with Gasteiger partial charge in [0, 0.05) is 5.56 Å². The third-order valence-electron chi connectivity index (χ3n) is 2.05. The van der Waals surface area contributed by atoms with Crippen LogP contribution in [0.5, 0.6) is 0 Å². The minimum Gasteiger partial charge on any atom is -0.366 e. The molecule has 2 heteroatoms. The Morgan fingerprint density at radius 3 is 2.77 bits per heavy atom. The van der Waals surface area contributed by atoms with Gasteiger partial charge in [-0.05, 0) is 23.6 Å². The molecule has 0 fully saturated rings. The van der Waals surface area contributed by atoms with E-state index in [9.17, 15) is 4.79 Å². The lowest BCUT2D eigenvalue weighted by Crippen LogP contribution is -2.13. The number of primary amides is 1. The highest BCUT2D eigenvalue weighted by molar-refractivity contribution is 5.96. The molecule has 1 aromatic rings. The molecule has 1 rings (SSSR count). The summed E-state index contributed by atoms with van der Waals surface area (Å²) >= 11 is 0. The standard InChI is InChI=1S/C11H13NO/c1-3-8-6-5-7-10(11(12)13)9(8)4-2/h4-7H,2-3H2,1H3,(H2,12,13). The summed E-state index contributed by atoms with van der Waals surface area (Å²) < 4.78 is 0. The summed E-state index contributed by atoms with van der Waals surface area (Å²) in [5.74, 6) is -0.398. The average Bonchev–Trinajstić information content (AvgIpc) is 2.16. The Bertz CT molecular complexity index is 342. The summed E-state index contributed by atoms with van der Waals surface area (Å²) in [5, 5.41) is 0. The smallest absolute Gasteiger partial charge is 0.249 e. The van der Waals surface area contributed by atoms with E-state index in [2.05, 4.69) is 6.58 Å². The fourth-order valence-electron chi connectivity index (χ4n) is 1.38. The van der Waals surface area contributed by atoms with Crippen LogP contribution in [0.3, 0.4) is 0 Å². The van der Waals surface area contributed by atoms with Crippen molar-refractivity contribution < 1.29 is 4.79 Å². The van der Waals surface area contributed by atoms with Crippen LogP contribution in [0.2, 0.25) is 0 Å². The molecule has 0 aromatic heterocycles. The van der Waals surface area contributed by atoms with Gasteiger partial charge in [0.15, 0.2) is 0 Å². The second-order valence-corrected chi connectivity index (χ2v) is 2.80. The van der Waals surface area contributed by atoms with E-state index in [1.165, 1.54) is 0 Å². The largest absolute Gasteiger partial charge is 0.366 e. The Morgan fingerprint density at radius 2 is 2.31 bits per heavy atom. The van der Waals surface area contributed by atoms with Gasteiger partial charge in [0.1, 0.15) is 0 Å². The Kier molecular flexibility index (Phi) is 2.85. The first kappa shape index (κ1) is 9.52. The Balaban J connectivity index is 3.35. The number of benzene rings is 1. The molecule has 0 radical (unpaired) electrons. The molecular formula is C11H13NO. The molecule has 2 nitrogen and oxygen atoms in total. The van der Waals surface area contributed by atoms with Crippen molar-refractivity contribution in [2.24, 2.45) is 5.73 Å². The number of hydrogen-bond donors (Lipinski definition) is 1. The molecule has 0 spiro atoms. The van der Waals surface area contributed by atoms with Gasteiger partial charge in [-0.15, -0.1) is 0 Å². The van der Waals surface area contributed by atoms with Gasteiger partial charge >= 0.3 is 0 Å². The van der Waals surface area contributed by atoms with Crippen molar-refractivity contribution in [3.63, 3.8) is 0 Å². The maximum atomic E-state index is 11.0. The van der Waals surface area contributed by atoms with Crippen molar-refractivity contribution in [2.45, 2.75) is 13.3 Å². The van der Waals surface area contributed by atoms with Gasteiger partial charge in [0.2, 0.25) is 5.91 Å². The molecular weight excluding hydrogens is 162 g/mol. The van der Waals surface area contributed by atoms with Gasteiger partial charge in [-0.3, -0.25) is 4.79 Å². The zero-order chi connectivity index (χ0) is 9.84.